The van der Waals surface area contributed by atoms with Crippen molar-refractivity contribution in [2.75, 3.05) is 5.75 Å². The quantitative estimate of drug-likeness (QED) is 0.171. The minimum atomic E-state index is -5.27. The Labute approximate surface area is 207 Å². The molecule has 192 valence electrons. The minimum absolute atomic E-state index is 0.182. The van der Waals surface area contributed by atoms with Crippen LogP contribution in [0.25, 0.3) is 0 Å². The number of benzene rings is 1. The summed E-state index contributed by atoms with van der Waals surface area (Å²) in [4.78, 5) is 38.5. The smallest absolute Gasteiger partial charge is 0.426 e. The number of hydrogen-bond donors (Lipinski definition) is 1. The maximum atomic E-state index is 13.3. The maximum absolute atomic E-state index is 13.3. The van der Waals surface area contributed by atoms with E-state index in [1.54, 1.807) is 13.9 Å². The molecular formula is C20H22B3F3O9S. The van der Waals surface area contributed by atoms with Gasteiger partial charge in [-0.1, -0.05) is 29.4 Å². The Kier molecular flexibility index (Phi) is 6.74. The van der Waals surface area contributed by atoms with Crippen molar-refractivity contribution < 1.29 is 54.7 Å². The Morgan fingerprint density at radius 3 is 2.47 bits per heavy atom. The molecule has 1 aromatic rings. The molecular weight excluding hydrogens is 506 g/mol. The van der Waals surface area contributed by atoms with Crippen LogP contribution in [0.4, 0.5) is 13.2 Å². The number of hydrogen-bond acceptors (Lipinski definition) is 8. The second-order valence-electron chi connectivity index (χ2n) is 9.56. The van der Waals surface area contributed by atoms with Gasteiger partial charge in [0, 0.05) is 11.8 Å². The third-order valence-electron chi connectivity index (χ3n) is 7.23. The summed E-state index contributed by atoms with van der Waals surface area (Å²) in [6.07, 6.45) is -9.87. The molecule has 0 amide bonds. The van der Waals surface area contributed by atoms with Gasteiger partial charge in [0.1, 0.15) is 53.3 Å². The summed E-state index contributed by atoms with van der Waals surface area (Å²) in [6.45, 7) is 0. The fourth-order valence-electron chi connectivity index (χ4n) is 5.90. The van der Waals surface area contributed by atoms with Gasteiger partial charge in [-0.15, -0.1) is 0 Å². The van der Waals surface area contributed by atoms with E-state index in [-0.39, 0.29) is 6.42 Å². The molecule has 2 saturated carbocycles. The lowest BCUT2D eigenvalue weighted by Gasteiger charge is -2.31. The molecule has 2 aliphatic carbocycles. The lowest BCUT2D eigenvalue weighted by atomic mass is 9.77. The summed E-state index contributed by atoms with van der Waals surface area (Å²) in [5.74, 6) is -8.42. The third kappa shape index (κ3) is 4.76. The van der Waals surface area contributed by atoms with Crippen LogP contribution in [0.3, 0.4) is 0 Å². The lowest BCUT2D eigenvalue weighted by Crippen LogP contribution is -2.47. The largest absolute Gasteiger partial charge is 0.461 e. The topological polar surface area (TPSA) is 133 Å². The van der Waals surface area contributed by atoms with Crippen LogP contribution in [0, 0.1) is 23.7 Å². The molecule has 36 heavy (non-hydrogen) atoms. The Bertz CT molecular complexity index is 1220. The fourth-order valence-corrected chi connectivity index (χ4v) is 6.54. The first-order chi connectivity index (χ1) is 16.6. The van der Waals surface area contributed by atoms with Crippen molar-refractivity contribution in [3.05, 3.63) is 23.3 Å². The van der Waals surface area contributed by atoms with Crippen LogP contribution >= 0.6 is 0 Å². The van der Waals surface area contributed by atoms with Gasteiger partial charge in [-0.2, -0.15) is 21.6 Å². The van der Waals surface area contributed by atoms with E-state index < -0.39 is 81.9 Å². The molecule has 1 aromatic carbocycles. The summed E-state index contributed by atoms with van der Waals surface area (Å²) in [5, 5.41) is 0. The van der Waals surface area contributed by atoms with Gasteiger partial charge in [-0.25, -0.2) is 4.79 Å². The SMILES string of the molecule is BCc1c(B)cc(B)cc1C(=O)OC1C2CC3C(OC(=O)C31)C2C(=O)OC(CS(=O)(=O)O)C(F)(F)F. The Morgan fingerprint density at radius 2 is 1.89 bits per heavy atom. The van der Waals surface area contributed by atoms with Crippen molar-refractivity contribution in [1.82, 2.24) is 0 Å². The van der Waals surface area contributed by atoms with Crippen LogP contribution in [0.5, 0.6) is 0 Å². The normalized spacial score (nSPS) is 29.6. The first-order valence-electron chi connectivity index (χ1n) is 11.4. The Morgan fingerprint density at radius 1 is 1.22 bits per heavy atom. The monoisotopic (exact) mass is 528 g/mol. The molecule has 1 heterocycles. The number of fused-ring (bicyclic) bond motifs is 1. The number of carbonyl (C=O) groups excluding carboxylic acids is 3. The molecule has 7 atom stereocenters. The van der Waals surface area contributed by atoms with Crippen LogP contribution in [-0.4, -0.2) is 84.7 Å². The number of carbonyl (C=O) groups is 3. The molecule has 1 saturated heterocycles. The zero-order valence-corrected chi connectivity index (χ0v) is 20.4. The van der Waals surface area contributed by atoms with Gasteiger partial charge in [-0.05, 0) is 12.0 Å². The van der Waals surface area contributed by atoms with Gasteiger partial charge < -0.3 is 14.2 Å². The number of rotatable bonds is 7. The minimum Gasteiger partial charge on any atom is -0.461 e. The average molecular weight is 528 g/mol. The van der Waals surface area contributed by atoms with Crippen molar-refractivity contribution in [2.45, 2.75) is 37.2 Å². The summed E-state index contributed by atoms with van der Waals surface area (Å²) in [5.41, 5.74) is 2.72. The molecule has 1 N–H and O–H groups in total. The van der Waals surface area contributed by atoms with Gasteiger partial charge in [0.05, 0.1) is 5.56 Å². The number of alkyl halides is 3. The van der Waals surface area contributed by atoms with Crippen LogP contribution in [0.15, 0.2) is 12.1 Å². The van der Waals surface area contributed by atoms with E-state index in [0.29, 0.717) is 11.9 Å². The van der Waals surface area contributed by atoms with Gasteiger partial charge in [0.15, 0.2) is 0 Å². The summed E-state index contributed by atoms with van der Waals surface area (Å²) in [6, 6.07) is 3.55. The molecule has 0 radical (unpaired) electrons. The Balaban J connectivity index is 1.59. The van der Waals surface area contributed by atoms with Crippen molar-refractivity contribution in [3.63, 3.8) is 0 Å². The van der Waals surface area contributed by atoms with E-state index in [2.05, 4.69) is 4.74 Å². The molecule has 1 aliphatic heterocycles. The van der Waals surface area contributed by atoms with Gasteiger partial charge in [0.2, 0.25) is 6.10 Å². The van der Waals surface area contributed by atoms with Crippen molar-refractivity contribution >= 4 is 62.5 Å². The highest BCUT2D eigenvalue weighted by Gasteiger charge is 2.70. The standard InChI is InChI=1S/C20H22B3F3O9S/c21-4-10-7(1-6(22)2-11(10)23)17(27)34-15-8-3-9-14(15)19(29)35-16(9)13(8)18(28)33-12(20(24,25)26)5-36(30,31)32/h1-2,8-9,12-16H,3-5,21-23H2,(H,30,31,32). The van der Waals surface area contributed by atoms with Crippen LogP contribution in [0.1, 0.15) is 22.3 Å². The summed E-state index contributed by atoms with van der Waals surface area (Å²) < 4.78 is 86.3. The predicted molar refractivity (Wildman–Crippen MR) is 125 cm³/mol. The van der Waals surface area contributed by atoms with Gasteiger partial charge in [-0.3, -0.25) is 14.1 Å². The number of ether oxygens (including phenoxy) is 3. The molecule has 3 fully saturated rings. The summed E-state index contributed by atoms with van der Waals surface area (Å²) in [7, 11) is 0.376. The predicted octanol–water partition coefficient (Wildman–Crippen LogP) is -2.97. The van der Waals surface area contributed by atoms with Crippen molar-refractivity contribution in [3.8, 4) is 0 Å². The van der Waals surface area contributed by atoms with Crippen molar-refractivity contribution in [1.29, 1.82) is 0 Å². The highest BCUT2D eigenvalue weighted by Crippen LogP contribution is 2.59. The summed E-state index contributed by atoms with van der Waals surface area (Å²) >= 11 is 0. The Hall–Kier alpha value is -2.48. The third-order valence-corrected chi connectivity index (χ3v) is 7.96. The van der Waals surface area contributed by atoms with Crippen molar-refractivity contribution in [2.24, 2.45) is 23.7 Å². The molecule has 2 bridgehead atoms. The van der Waals surface area contributed by atoms with Crippen LogP contribution in [0.2, 0.25) is 0 Å². The van der Waals surface area contributed by atoms with Gasteiger partial charge in [0.25, 0.3) is 10.1 Å². The van der Waals surface area contributed by atoms with Crippen LogP contribution in [-0.2, 0) is 40.2 Å². The maximum Gasteiger partial charge on any atom is 0.426 e. The molecule has 3 aliphatic rings. The second kappa shape index (κ2) is 9.12. The molecule has 0 aromatic heterocycles. The first-order valence-corrected chi connectivity index (χ1v) is 13.0. The number of halogens is 3. The molecule has 4 rings (SSSR count). The number of esters is 3. The fraction of sp³-hybridized carbons (Fsp3) is 0.550. The second-order valence-corrected chi connectivity index (χ2v) is 11.1. The van der Waals surface area contributed by atoms with Crippen LogP contribution < -0.4 is 10.9 Å². The van der Waals surface area contributed by atoms with Gasteiger partial charge >= 0.3 is 24.1 Å². The van der Waals surface area contributed by atoms with E-state index in [4.69, 9.17) is 14.0 Å². The molecule has 7 unspecified atom stereocenters. The highest BCUT2D eigenvalue weighted by atomic mass is 32.2. The highest BCUT2D eigenvalue weighted by molar-refractivity contribution is 7.85. The molecule has 16 heteroatoms. The van der Waals surface area contributed by atoms with E-state index in [0.717, 1.165) is 16.5 Å². The lowest BCUT2D eigenvalue weighted by molar-refractivity contribution is -0.220. The van der Waals surface area contributed by atoms with E-state index in [1.165, 1.54) is 0 Å². The van der Waals surface area contributed by atoms with E-state index in [1.807, 2.05) is 21.8 Å². The zero-order valence-electron chi connectivity index (χ0n) is 19.6. The first kappa shape index (κ1) is 26.6. The average Bonchev–Trinajstić information content (AvgIpc) is 3.33. The zero-order chi connectivity index (χ0) is 26.7. The van der Waals surface area contributed by atoms with E-state index >= 15 is 0 Å². The molecule has 9 nitrogen and oxygen atoms in total. The van der Waals surface area contributed by atoms with E-state index in [9.17, 15) is 36.0 Å². The molecule has 0 spiro atoms.